The standard InChI is InChI=1S/C19H27N5O2/c1-3-17-20-18(26-21-17)14-22(2)15-19(25)24-11-9-23(10-12-24)13-16-7-5-4-6-8-16/h4-8H,3,9-15H2,1-2H3. The topological polar surface area (TPSA) is 65.7 Å². The van der Waals surface area contributed by atoms with Gasteiger partial charge >= 0.3 is 0 Å². The number of carbonyl (C=O) groups is 1. The van der Waals surface area contributed by atoms with Gasteiger partial charge in [0.1, 0.15) is 0 Å². The van der Waals surface area contributed by atoms with Crippen molar-refractivity contribution in [3.63, 3.8) is 0 Å². The van der Waals surface area contributed by atoms with E-state index in [0.29, 0.717) is 24.8 Å². The van der Waals surface area contributed by atoms with Gasteiger partial charge in [-0.1, -0.05) is 42.4 Å². The van der Waals surface area contributed by atoms with Crippen LogP contribution in [0.3, 0.4) is 0 Å². The van der Waals surface area contributed by atoms with Crippen LogP contribution in [0, 0.1) is 0 Å². The SMILES string of the molecule is CCc1noc(CN(C)CC(=O)N2CCN(Cc3ccccc3)CC2)n1. The van der Waals surface area contributed by atoms with E-state index in [1.54, 1.807) is 0 Å². The zero-order valence-corrected chi connectivity index (χ0v) is 15.6. The van der Waals surface area contributed by atoms with Crippen LogP contribution in [0.1, 0.15) is 24.2 Å². The third-order valence-electron chi connectivity index (χ3n) is 4.61. The highest BCUT2D eigenvalue weighted by Crippen LogP contribution is 2.09. The van der Waals surface area contributed by atoms with E-state index in [1.165, 1.54) is 5.56 Å². The number of benzene rings is 1. The molecule has 3 rings (SSSR count). The average molecular weight is 357 g/mol. The molecule has 0 unspecified atom stereocenters. The van der Waals surface area contributed by atoms with Gasteiger partial charge in [0.15, 0.2) is 5.82 Å². The maximum Gasteiger partial charge on any atom is 0.240 e. The molecule has 0 atom stereocenters. The van der Waals surface area contributed by atoms with E-state index in [1.807, 2.05) is 29.8 Å². The molecule has 1 fully saturated rings. The molecule has 0 saturated carbocycles. The molecule has 2 heterocycles. The number of hydrogen-bond acceptors (Lipinski definition) is 6. The summed E-state index contributed by atoms with van der Waals surface area (Å²) < 4.78 is 5.19. The van der Waals surface area contributed by atoms with Gasteiger partial charge in [0, 0.05) is 39.1 Å². The first kappa shape index (κ1) is 18.5. The Balaban J connectivity index is 1.41. The predicted molar refractivity (Wildman–Crippen MR) is 98.3 cm³/mol. The lowest BCUT2D eigenvalue weighted by Gasteiger charge is -2.35. The molecule has 0 radical (unpaired) electrons. The highest BCUT2D eigenvalue weighted by Gasteiger charge is 2.22. The fourth-order valence-corrected chi connectivity index (χ4v) is 3.11. The lowest BCUT2D eigenvalue weighted by atomic mass is 10.2. The fraction of sp³-hybridized carbons (Fsp3) is 0.526. The highest BCUT2D eigenvalue weighted by molar-refractivity contribution is 5.78. The molecule has 1 aliphatic rings. The molecule has 7 nitrogen and oxygen atoms in total. The summed E-state index contributed by atoms with van der Waals surface area (Å²) in [6, 6.07) is 10.5. The van der Waals surface area contributed by atoms with Crippen molar-refractivity contribution < 1.29 is 9.32 Å². The number of nitrogens with zero attached hydrogens (tertiary/aromatic N) is 5. The van der Waals surface area contributed by atoms with Crippen LogP contribution in [0.25, 0.3) is 0 Å². The average Bonchev–Trinajstić information content (AvgIpc) is 3.10. The van der Waals surface area contributed by atoms with Gasteiger partial charge in [-0.15, -0.1) is 0 Å². The summed E-state index contributed by atoms with van der Waals surface area (Å²) in [4.78, 5) is 23.1. The van der Waals surface area contributed by atoms with Crippen molar-refractivity contribution in [2.24, 2.45) is 0 Å². The molecule has 2 aromatic rings. The third-order valence-corrected chi connectivity index (χ3v) is 4.61. The van der Waals surface area contributed by atoms with Crippen LogP contribution in [0.5, 0.6) is 0 Å². The van der Waals surface area contributed by atoms with Gasteiger partial charge in [0.2, 0.25) is 11.8 Å². The summed E-state index contributed by atoms with van der Waals surface area (Å²) in [5.41, 5.74) is 1.32. The van der Waals surface area contributed by atoms with E-state index in [0.717, 1.165) is 39.1 Å². The van der Waals surface area contributed by atoms with Crippen molar-refractivity contribution in [3.8, 4) is 0 Å². The van der Waals surface area contributed by atoms with Crippen molar-refractivity contribution in [2.75, 3.05) is 39.8 Å². The van der Waals surface area contributed by atoms with Gasteiger partial charge in [-0.2, -0.15) is 4.98 Å². The van der Waals surface area contributed by atoms with E-state index in [9.17, 15) is 4.79 Å². The maximum absolute atomic E-state index is 12.5. The Labute approximate surface area is 154 Å². The van der Waals surface area contributed by atoms with Crippen LogP contribution < -0.4 is 0 Å². The zero-order chi connectivity index (χ0) is 18.4. The predicted octanol–water partition coefficient (Wildman–Crippen LogP) is 1.41. The quantitative estimate of drug-likeness (QED) is 0.746. The van der Waals surface area contributed by atoms with Crippen molar-refractivity contribution >= 4 is 5.91 Å². The molecule has 1 amide bonds. The minimum atomic E-state index is 0.155. The second kappa shape index (κ2) is 8.91. The first-order valence-corrected chi connectivity index (χ1v) is 9.18. The Hall–Kier alpha value is -2.25. The number of aromatic nitrogens is 2. The molecule has 0 N–H and O–H groups in total. The Morgan fingerprint density at radius 3 is 2.58 bits per heavy atom. The van der Waals surface area contributed by atoms with Crippen molar-refractivity contribution in [3.05, 3.63) is 47.6 Å². The van der Waals surface area contributed by atoms with Gasteiger partial charge in [0.05, 0.1) is 13.1 Å². The van der Waals surface area contributed by atoms with Crippen LogP contribution in [0.4, 0.5) is 0 Å². The summed E-state index contributed by atoms with van der Waals surface area (Å²) in [5, 5.41) is 3.89. The monoisotopic (exact) mass is 357 g/mol. The summed E-state index contributed by atoms with van der Waals surface area (Å²) in [6.07, 6.45) is 0.749. The largest absolute Gasteiger partial charge is 0.339 e. The lowest BCUT2D eigenvalue weighted by Crippen LogP contribution is -2.50. The van der Waals surface area contributed by atoms with E-state index in [-0.39, 0.29) is 5.91 Å². The molecule has 140 valence electrons. The molecule has 1 aromatic carbocycles. The molecule has 7 heteroatoms. The van der Waals surface area contributed by atoms with Gasteiger partial charge < -0.3 is 9.42 Å². The van der Waals surface area contributed by atoms with E-state index in [2.05, 4.69) is 39.3 Å². The minimum absolute atomic E-state index is 0.155. The number of rotatable bonds is 7. The Kier molecular flexibility index (Phi) is 6.35. The van der Waals surface area contributed by atoms with E-state index >= 15 is 0 Å². The Bertz CT molecular complexity index is 695. The smallest absolute Gasteiger partial charge is 0.240 e. The molecular formula is C19H27N5O2. The van der Waals surface area contributed by atoms with Gasteiger partial charge in [-0.25, -0.2) is 0 Å². The first-order chi connectivity index (χ1) is 12.6. The second-order valence-electron chi connectivity index (χ2n) is 6.77. The Morgan fingerprint density at radius 1 is 1.19 bits per heavy atom. The van der Waals surface area contributed by atoms with Crippen molar-refractivity contribution in [1.29, 1.82) is 0 Å². The lowest BCUT2D eigenvalue weighted by molar-refractivity contribution is -0.134. The molecular weight excluding hydrogens is 330 g/mol. The van der Waals surface area contributed by atoms with Crippen molar-refractivity contribution in [2.45, 2.75) is 26.4 Å². The summed E-state index contributed by atoms with van der Waals surface area (Å²) in [7, 11) is 1.90. The number of aryl methyl sites for hydroxylation is 1. The first-order valence-electron chi connectivity index (χ1n) is 9.18. The van der Waals surface area contributed by atoms with Crippen LogP contribution in [-0.2, 0) is 24.3 Å². The normalized spacial score (nSPS) is 15.6. The highest BCUT2D eigenvalue weighted by atomic mass is 16.5. The van der Waals surface area contributed by atoms with Crippen LogP contribution >= 0.6 is 0 Å². The van der Waals surface area contributed by atoms with Crippen LogP contribution in [-0.4, -0.2) is 70.5 Å². The van der Waals surface area contributed by atoms with Crippen molar-refractivity contribution in [1.82, 2.24) is 24.8 Å². The number of likely N-dealkylation sites (N-methyl/N-ethyl adjacent to an activating group) is 1. The second-order valence-corrected chi connectivity index (χ2v) is 6.77. The minimum Gasteiger partial charge on any atom is -0.339 e. The molecule has 0 bridgehead atoms. The number of carbonyl (C=O) groups excluding carboxylic acids is 1. The van der Waals surface area contributed by atoms with E-state index < -0.39 is 0 Å². The summed E-state index contributed by atoms with van der Waals surface area (Å²) in [6.45, 7) is 7.16. The third kappa shape index (κ3) is 5.12. The molecule has 1 aromatic heterocycles. The molecule has 26 heavy (non-hydrogen) atoms. The number of piperazine rings is 1. The molecule has 0 aliphatic carbocycles. The van der Waals surface area contributed by atoms with Gasteiger partial charge in [0.25, 0.3) is 0 Å². The number of amides is 1. The van der Waals surface area contributed by atoms with E-state index in [4.69, 9.17) is 4.52 Å². The number of hydrogen-bond donors (Lipinski definition) is 0. The van der Waals surface area contributed by atoms with Crippen LogP contribution in [0.2, 0.25) is 0 Å². The zero-order valence-electron chi connectivity index (χ0n) is 15.6. The maximum atomic E-state index is 12.5. The fourth-order valence-electron chi connectivity index (χ4n) is 3.11. The van der Waals surface area contributed by atoms with Crippen LogP contribution in [0.15, 0.2) is 34.9 Å². The molecule has 0 spiro atoms. The summed E-state index contributed by atoms with van der Waals surface area (Å²) in [5.74, 6) is 1.42. The Morgan fingerprint density at radius 2 is 1.92 bits per heavy atom. The summed E-state index contributed by atoms with van der Waals surface area (Å²) >= 11 is 0. The van der Waals surface area contributed by atoms with Gasteiger partial charge in [-0.3, -0.25) is 14.6 Å². The molecule has 1 aliphatic heterocycles. The molecule has 1 saturated heterocycles. The van der Waals surface area contributed by atoms with Gasteiger partial charge in [-0.05, 0) is 12.6 Å².